The first-order valence-corrected chi connectivity index (χ1v) is 11.3. The van der Waals surface area contributed by atoms with Crippen molar-refractivity contribution < 1.29 is 22.1 Å². The molecule has 160 valence electrons. The van der Waals surface area contributed by atoms with Crippen LogP contribution in [0.2, 0.25) is 0 Å². The molecule has 1 saturated heterocycles. The smallest absolute Gasteiger partial charge is 0.296 e. The predicted octanol–water partition coefficient (Wildman–Crippen LogP) is 2.99. The van der Waals surface area contributed by atoms with Crippen LogP contribution in [0.5, 0.6) is 5.75 Å². The van der Waals surface area contributed by atoms with Gasteiger partial charge in [-0.05, 0) is 57.3 Å². The Morgan fingerprint density at radius 1 is 1.10 bits per heavy atom. The largest absolute Gasteiger partial charge is 0.470 e. The van der Waals surface area contributed by atoms with Crippen molar-refractivity contribution in [1.29, 1.82) is 0 Å². The quantitative estimate of drug-likeness (QED) is 0.491. The van der Waals surface area contributed by atoms with Crippen LogP contribution in [-0.4, -0.2) is 42.7 Å². The fraction of sp³-hybridized carbons (Fsp3) is 0.333. The normalized spacial score (nSPS) is 17.0. The van der Waals surface area contributed by atoms with Crippen LogP contribution in [0, 0.1) is 6.92 Å². The number of benzene rings is 2. The minimum atomic E-state index is -3.91. The van der Waals surface area contributed by atoms with E-state index in [0.717, 1.165) is 5.56 Å². The Labute approximate surface area is 182 Å². The predicted molar refractivity (Wildman–Crippen MR) is 116 cm³/mol. The first kappa shape index (κ1) is 22.2. The Morgan fingerprint density at radius 2 is 1.73 bits per heavy atom. The van der Waals surface area contributed by atoms with Crippen molar-refractivity contribution >= 4 is 33.4 Å². The van der Waals surface area contributed by atoms with Gasteiger partial charge in [0.25, 0.3) is 16.0 Å². The summed E-state index contributed by atoms with van der Waals surface area (Å²) >= 11 is 5.33. The number of rotatable bonds is 8. The minimum Gasteiger partial charge on any atom is -0.470 e. The van der Waals surface area contributed by atoms with Crippen LogP contribution < -0.4 is 10.1 Å². The molecule has 0 aromatic heterocycles. The average molecular weight is 449 g/mol. The number of amides is 1. The van der Waals surface area contributed by atoms with Gasteiger partial charge in [0.15, 0.2) is 11.3 Å². The molecule has 0 bridgehead atoms. The maximum Gasteiger partial charge on any atom is 0.296 e. The first-order chi connectivity index (χ1) is 14.1. The zero-order chi connectivity index (χ0) is 21.9. The number of thiocarbonyl (C=S) groups is 1. The second-order valence-corrected chi connectivity index (χ2v) is 9.45. The van der Waals surface area contributed by atoms with E-state index in [1.54, 1.807) is 43.0 Å². The fourth-order valence-corrected chi connectivity index (χ4v) is 4.45. The lowest BCUT2D eigenvalue weighted by atomic mass is 10.0. The lowest BCUT2D eigenvalue weighted by molar-refractivity contribution is -0.127. The van der Waals surface area contributed by atoms with Gasteiger partial charge < -0.3 is 10.1 Å². The molecule has 0 saturated carbocycles. The molecular formula is C21H24N2O5S2. The number of hydrogen-bond donors (Lipinski definition) is 1. The van der Waals surface area contributed by atoms with Crippen molar-refractivity contribution in [1.82, 2.24) is 10.2 Å². The summed E-state index contributed by atoms with van der Waals surface area (Å²) in [5.74, 6) is 0.323. The molecule has 1 N–H and O–H groups in total. The van der Waals surface area contributed by atoms with E-state index in [9.17, 15) is 13.2 Å². The number of nitrogens with one attached hydrogen (secondary N) is 1. The summed E-state index contributed by atoms with van der Waals surface area (Å²) in [7, 11) is -3.91. The van der Waals surface area contributed by atoms with E-state index in [2.05, 4.69) is 5.32 Å². The van der Waals surface area contributed by atoms with Gasteiger partial charge in [0.05, 0.1) is 11.5 Å². The average Bonchev–Trinajstić information content (AvgIpc) is 2.89. The Balaban J connectivity index is 1.77. The van der Waals surface area contributed by atoms with Crippen LogP contribution >= 0.6 is 12.2 Å². The van der Waals surface area contributed by atoms with E-state index in [1.165, 1.54) is 12.1 Å². The van der Waals surface area contributed by atoms with E-state index in [0.29, 0.717) is 5.75 Å². The first-order valence-electron chi connectivity index (χ1n) is 9.44. The highest BCUT2D eigenvalue weighted by Crippen LogP contribution is 2.28. The molecule has 0 aliphatic carbocycles. The number of aryl methyl sites for hydroxylation is 1. The number of para-hydroxylation sites is 1. The van der Waals surface area contributed by atoms with Crippen LogP contribution in [0.15, 0.2) is 59.5 Å². The lowest BCUT2D eigenvalue weighted by Crippen LogP contribution is -2.52. The van der Waals surface area contributed by atoms with E-state index in [1.807, 2.05) is 25.1 Å². The van der Waals surface area contributed by atoms with Gasteiger partial charge >= 0.3 is 0 Å². The summed E-state index contributed by atoms with van der Waals surface area (Å²) in [6.07, 6.45) is -0.541. The van der Waals surface area contributed by atoms with Gasteiger partial charge in [0, 0.05) is 6.42 Å². The van der Waals surface area contributed by atoms with Crippen molar-refractivity contribution in [2.45, 2.75) is 43.9 Å². The molecule has 1 fully saturated rings. The second kappa shape index (κ2) is 8.71. The number of ether oxygens (including phenoxy) is 1. The molecule has 1 heterocycles. The van der Waals surface area contributed by atoms with Gasteiger partial charge in [-0.3, -0.25) is 13.9 Å². The molecule has 9 heteroatoms. The van der Waals surface area contributed by atoms with Crippen LogP contribution in [0.3, 0.4) is 0 Å². The highest BCUT2D eigenvalue weighted by Gasteiger charge is 2.47. The van der Waals surface area contributed by atoms with Crippen molar-refractivity contribution in [3.63, 3.8) is 0 Å². The molecule has 0 radical (unpaired) electrons. The van der Waals surface area contributed by atoms with Crippen LogP contribution in [0.1, 0.15) is 25.8 Å². The summed E-state index contributed by atoms with van der Waals surface area (Å²) in [6.45, 7) is 5.19. The summed E-state index contributed by atoms with van der Waals surface area (Å²) in [4.78, 5) is 14.0. The van der Waals surface area contributed by atoms with Crippen LogP contribution in [0.25, 0.3) is 0 Å². The highest BCUT2D eigenvalue weighted by molar-refractivity contribution is 7.86. The Hall–Kier alpha value is -2.49. The van der Waals surface area contributed by atoms with Crippen LogP contribution in [0.4, 0.5) is 0 Å². The van der Waals surface area contributed by atoms with E-state index in [-0.39, 0.29) is 28.9 Å². The third-order valence-electron chi connectivity index (χ3n) is 4.81. The number of carbonyl (C=O) groups is 1. The fourth-order valence-electron chi connectivity index (χ4n) is 3.09. The topological polar surface area (TPSA) is 84.9 Å². The molecule has 1 aliphatic heterocycles. The third kappa shape index (κ3) is 4.80. The molecule has 1 atom stereocenters. The van der Waals surface area contributed by atoms with Gasteiger partial charge in [-0.2, -0.15) is 8.42 Å². The molecular weight excluding hydrogens is 424 g/mol. The molecule has 30 heavy (non-hydrogen) atoms. The van der Waals surface area contributed by atoms with Crippen molar-refractivity contribution in [2.24, 2.45) is 0 Å². The molecule has 1 amide bonds. The summed E-state index contributed by atoms with van der Waals surface area (Å²) in [5.41, 5.74) is -0.000892. The van der Waals surface area contributed by atoms with Gasteiger partial charge in [-0.25, -0.2) is 0 Å². The summed E-state index contributed by atoms with van der Waals surface area (Å²) in [5, 5.41) is 2.87. The molecule has 1 aliphatic rings. The highest BCUT2D eigenvalue weighted by atomic mass is 32.2. The molecule has 0 spiro atoms. The zero-order valence-electron chi connectivity index (χ0n) is 17.0. The molecule has 3 rings (SSSR count). The Kier molecular flexibility index (Phi) is 6.44. The maximum absolute atomic E-state index is 12.5. The number of carbonyl (C=O) groups excluding carboxylic acids is 1. The SMILES string of the molecule is Cc1ccc(S(=O)(=O)OCCC(Oc2ccccc2)N2C(=S)NC(=O)C2(C)C)cc1. The van der Waals surface area contributed by atoms with Crippen LogP contribution in [-0.2, 0) is 19.1 Å². The van der Waals surface area contributed by atoms with E-state index < -0.39 is 21.9 Å². The second-order valence-electron chi connectivity index (χ2n) is 7.45. The molecule has 7 nitrogen and oxygen atoms in total. The lowest BCUT2D eigenvalue weighted by Gasteiger charge is -2.36. The van der Waals surface area contributed by atoms with Gasteiger partial charge in [-0.1, -0.05) is 35.9 Å². The van der Waals surface area contributed by atoms with Gasteiger partial charge in [0.2, 0.25) is 0 Å². The van der Waals surface area contributed by atoms with Crippen molar-refractivity contribution in [3.05, 3.63) is 60.2 Å². The molecule has 2 aromatic rings. The van der Waals surface area contributed by atoms with Gasteiger partial charge in [0.1, 0.15) is 11.3 Å². The summed E-state index contributed by atoms with van der Waals surface area (Å²) < 4.78 is 36.2. The van der Waals surface area contributed by atoms with Crippen molar-refractivity contribution in [2.75, 3.05) is 6.61 Å². The number of nitrogens with zero attached hydrogens (tertiary/aromatic N) is 1. The van der Waals surface area contributed by atoms with Gasteiger partial charge in [-0.15, -0.1) is 0 Å². The monoisotopic (exact) mass is 448 g/mol. The molecule has 1 unspecified atom stereocenters. The third-order valence-corrected chi connectivity index (χ3v) is 6.44. The Bertz CT molecular complexity index is 1020. The molecule has 2 aromatic carbocycles. The zero-order valence-corrected chi connectivity index (χ0v) is 18.6. The maximum atomic E-state index is 12.5. The minimum absolute atomic E-state index is 0.0856. The Morgan fingerprint density at radius 3 is 2.30 bits per heavy atom. The van der Waals surface area contributed by atoms with E-state index in [4.69, 9.17) is 21.1 Å². The van der Waals surface area contributed by atoms with E-state index >= 15 is 0 Å². The number of hydrogen-bond acceptors (Lipinski definition) is 6. The summed E-state index contributed by atoms with van der Waals surface area (Å²) in [6, 6.07) is 15.5. The van der Waals surface area contributed by atoms with Crippen molar-refractivity contribution in [3.8, 4) is 5.75 Å². The standard InChI is InChI=1S/C21H24N2O5S2/c1-15-9-11-17(12-10-15)30(25,26)27-14-13-18(28-16-7-5-4-6-8-16)23-20(29)22-19(24)21(23,2)3/h4-12,18H,13-14H2,1-3H3,(H,22,24,29).